The molecular formula is C23H21ClN6OS. The monoisotopic (exact) mass is 464 g/mol. The van der Waals surface area contributed by atoms with E-state index in [2.05, 4.69) is 22.4 Å². The van der Waals surface area contributed by atoms with E-state index in [1.807, 2.05) is 36.4 Å². The van der Waals surface area contributed by atoms with Crippen molar-refractivity contribution in [2.45, 2.75) is 10.8 Å². The van der Waals surface area contributed by atoms with E-state index in [1.54, 1.807) is 18.2 Å². The van der Waals surface area contributed by atoms with Crippen LogP contribution in [0.15, 0.2) is 59.6 Å². The molecule has 0 spiro atoms. The summed E-state index contributed by atoms with van der Waals surface area (Å²) in [4.78, 5) is 16.5. The number of nitrogen functional groups attached to an aromatic ring is 1. The van der Waals surface area contributed by atoms with Crippen LogP contribution in [0.1, 0.15) is 27.0 Å². The molecular weight excluding hydrogens is 444 g/mol. The molecule has 0 aliphatic heterocycles. The molecule has 5 N–H and O–H groups in total. The van der Waals surface area contributed by atoms with Crippen molar-refractivity contribution in [3.63, 3.8) is 0 Å². The number of nitrogens with zero attached hydrogens (tertiary/aromatic N) is 3. The maximum atomic E-state index is 12.2. The van der Waals surface area contributed by atoms with Gasteiger partial charge in [-0.05, 0) is 23.3 Å². The number of pyridine rings is 1. The van der Waals surface area contributed by atoms with Gasteiger partial charge >= 0.3 is 0 Å². The van der Waals surface area contributed by atoms with Crippen molar-refractivity contribution >= 4 is 35.9 Å². The van der Waals surface area contributed by atoms with E-state index < -0.39 is 0 Å². The first-order valence-corrected chi connectivity index (χ1v) is 10.5. The number of nitrogens with one attached hydrogen (secondary N) is 1. The summed E-state index contributed by atoms with van der Waals surface area (Å²) in [5, 5.41) is 22.6. The lowest BCUT2D eigenvalue weighted by Gasteiger charge is -2.13. The maximum absolute atomic E-state index is 12.2. The van der Waals surface area contributed by atoms with Crippen molar-refractivity contribution in [1.82, 2.24) is 10.3 Å². The Morgan fingerprint density at radius 1 is 1.06 bits per heavy atom. The average Bonchev–Trinajstić information content (AvgIpc) is 2.81. The lowest BCUT2D eigenvalue weighted by molar-refractivity contribution is 0.0954. The molecule has 3 rings (SSSR count). The number of halogens is 1. The van der Waals surface area contributed by atoms with Crippen molar-refractivity contribution in [1.29, 1.82) is 10.5 Å². The number of hydrogen-bond donors (Lipinski definition) is 3. The summed E-state index contributed by atoms with van der Waals surface area (Å²) < 4.78 is 0. The smallest absolute Gasteiger partial charge is 0.251 e. The van der Waals surface area contributed by atoms with Crippen LogP contribution in [-0.4, -0.2) is 24.0 Å². The van der Waals surface area contributed by atoms with E-state index in [0.717, 1.165) is 11.1 Å². The van der Waals surface area contributed by atoms with Crippen LogP contribution >= 0.6 is 24.2 Å². The molecule has 0 radical (unpaired) electrons. The van der Waals surface area contributed by atoms with Gasteiger partial charge in [0.2, 0.25) is 0 Å². The number of hydrogen-bond acceptors (Lipinski definition) is 7. The number of nitriles is 2. The van der Waals surface area contributed by atoms with Gasteiger partial charge in [0, 0.05) is 30.0 Å². The minimum atomic E-state index is -0.192. The molecule has 7 nitrogen and oxygen atoms in total. The molecule has 0 aliphatic carbocycles. The van der Waals surface area contributed by atoms with Gasteiger partial charge in [0.15, 0.2) is 0 Å². The largest absolute Gasteiger partial charge is 0.383 e. The van der Waals surface area contributed by atoms with Gasteiger partial charge < -0.3 is 16.8 Å². The van der Waals surface area contributed by atoms with Gasteiger partial charge in [-0.25, -0.2) is 4.98 Å². The minimum absolute atomic E-state index is 0. The van der Waals surface area contributed by atoms with E-state index in [0.29, 0.717) is 40.6 Å². The van der Waals surface area contributed by atoms with Crippen LogP contribution in [-0.2, 0) is 5.75 Å². The summed E-state index contributed by atoms with van der Waals surface area (Å²) in [5.74, 6) is 0.360. The first-order chi connectivity index (χ1) is 15.1. The molecule has 32 heavy (non-hydrogen) atoms. The Bertz CT molecular complexity index is 1190. The molecule has 3 aromatic rings. The van der Waals surface area contributed by atoms with Crippen LogP contribution < -0.4 is 16.8 Å². The highest BCUT2D eigenvalue weighted by molar-refractivity contribution is 7.98. The number of nitrogens with two attached hydrogens (primary N) is 2. The predicted octanol–water partition coefficient (Wildman–Crippen LogP) is 3.48. The third kappa shape index (κ3) is 5.57. The van der Waals surface area contributed by atoms with Gasteiger partial charge in [0.25, 0.3) is 5.91 Å². The number of carbonyl (C=O) groups excluding carboxylic acids is 1. The summed E-state index contributed by atoms with van der Waals surface area (Å²) in [7, 11) is 0. The number of aromatic nitrogens is 1. The second-order valence-corrected chi connectivity index (χ2v) is 7.51. The van der Waals surface area contributed by atoms with E-state index in [9.17, 15) is 15.3 Å². The Morgan fingerprint density at radius 3 is 2.44 bits per heavy atom. The molecule has 0 fully saturated rings. The molecule has 1 heterocycles. The standard InChI is InChI=1S/C23H20N6OS.ClH/c24-9-10-28-22(30)17-8-4-5-15(11-17)14-31-23-19(13-26)20(16-6-2-1-3-7-16)18(12-25)21(27)29-23;/h1-8,11H,9-10,14,24H2,(H2,27,29)(H,28,30);1H. The SMILES string of the molecule is Cl.N#Cc1c(N)nc(SCc2cccc(C(=O)NCCN)c2)c(C#N)c1-c1ccccc1. The molecule has 9 heteroatoms. The molecule has 162 valence electrons. The third-order valence-electron chi connectivity index (χ3n) is 4.47. The van der Waals surface area contributed by atoms with Crippen LogP contribution in [0.3, 0.4) is 0 Å². The summed E-state index contributed by atoms with van der Waals surface area (Å²) in [6.45, 7) is 0.772. The summed E-state index contributed by atoms with van der Waals surface area (Å²) in [6, 6.07) is 20.7. The molecule has 1 aromatic heterocycles. The fourth-order valence-corrected chi connectivity index (χ4v) is 3.98. The lowest BCUT2D eigenvalue weighted by Crippen LogP contribution is -2.28. The molecule has 1 amide bonds. The number of amides is 1. The summed E-state index contributed by atoms with van der Waals surface area (Å²) in [5.41, 5.74) is 14.6. The molecule has 0 bridgehead atoms. The van der Waals surface area contributed by atoms with Gasteiger partial charge in [0.05, 0.1) is 5.56 Å². The highest BCUT2D eigenvalue weighted by atomic mass is 35.5. The number of rotatable bonds is 7. The second-order valence-electron chi connectivity index (χ2n) is 6.55. The zero-order valence-electron chi connectivity index (χ0n) is 17.0. The zero-order valence-corrected chi connectivity index (χ0v) is 18.7. The topological polar surface area (TPSA) is 142 Å². The van der Waals surface area contributed by atoms with E-state index in [4.69, 9.17) is 11.5 Å². The van der Waals surface area contributed by atoms with Crippen molar-refractivity contribution < 1.29 is 4.79 Å². The maximum Gasteiger partial charge on any atom is 0.251 e. The van der Waals surface area contributed by atoms with Crippen LogP contribution in [0, 0.1) is 22.7 Å². The Hall–Kier alpha value is -3.56. The molecule has 2 aromatic carbocycles. The molecule has 0 atom stereocenters. The molecule has 0 saturated carbocycles. The minimum Gasteiger partial charge on any atom is -0.383 e. The normalized spacial score (nSPS) is 9.84. The lowest BCUT2D eigenvalue weighted by atomic mass is 9.97. The molecule has 0 unspecified atom stereocenters. The predicted molar refractivity (Wildman–Crippen MR) is 128 cm³/mol. The number of thioether (sulfide) groups is 1. The average molecular weight is 465 g/mol. The second kappa shape index (κ2) is 11.7. The Labute approximate surface area is 196 Å². The third-order valence-corrected chi connectivity index (χ3v) is 5.52. The highest BCUT2D eigenvalue weighted by Crippen LogP contribution is 2.36. The van der Waals surface area contributed by atoms with E-state index >= 15 is 0 Å². The van der Waals surface area contributed by atoms with Gasteiger partial charge in [-0.15, -0.1) is 24.2 Å². The van der Waals surface area contributed by atoms with Crippen molar-refractivity contribution in [2.24, 2.45) is 5.73 Å². The van der Waals surface area contributed by atoms with Crippen LogP contribution in [0.2, 0.25) is 0 Å². The zero-order chi connectivity index (χ0) is 22.2. The van der Waals surface area contributed by atoms with Gasteiger partial charge in [-0.3, -0.25) is 4.79 Å². The van der Waals surface area contributed by atoms with Crippen molar-refractivity contribution in [3.05, 3.63) is 76.9 Å². The van der Waals surface area contributed by atoms with Gasteiger partial charge in [-0.1, -0.05) is 42.5 Å². The fourth-order valence-electron chi connectivity index (χ4n) is 3.04. The van der Waals surface area contributed by atoms with Crippen LogP contribution in [0.25, 0.3) is 11.1 Å². The van der Waals surface area contributed by atoms with Crippen molar-refractivity contribution in [3.8, 4) is 23.3 Å². The first-order valence-electron chi connectivity index (χ1n) is 9.48. The number of anilines is 1. The highest BCUT2D eigenvalue weighted by Gasteiger charge is 2.20. The quantitative estimate of drug-likeness (QED) is 0.454. The number of benzene rings is 2. The Kier molecular flexibility index (Phi) is 9.06. The first kappa shape index (κ1) is 24.7. The van der Waals surface area contributed by atoms with Gasteiger partial charge in [0.1, 0.15) is 28.5 Å². The molecule has 0 aliphatic rings. The Morgan fingerprint density at radius 2 is 1.78 bits per heavy atom. The summed E-state index contributed by atoms with van der Waals surface area (Å²) >= 11 is 1.33. The molecule has 0 saturated heterocycles. The van der Waals surface area contributed by atoms with Crippen molar-refractivity contribution in [2.75, 3.05) is 18.8 Å². The van der Waals surface area contributed by atoms with Crippen LogP contribution in [0.4, 0.5) is 5.82 Å². The fraction of sp³-hybridized carbons (Fsp3) is 0.130. The Balaban J connectivity index is 0.00000363. The van der Waals surface area contributed by atoms with Crippen LogP contribution in [0.5, 0.6) is 0 Å². The van der Waals surface area contributed by atoms with E-state index in [-0.39, 0.29) is 29.7 Å². The summed E-state index contributed by atoms with van der Waals surface area (Å²) in [6.07, 6.45) is 0. The van der Waals surface area contributed by atoms with E-state index in [1.165, 1.54) is 11.8 Å². The van der Waals surface area contributed by atoms with Gasteiger partial charge in [-0.2, -0.15) is 10.5 Å². The number of carbonyl (C=O) groups is 1.